The fourth-order valence-corrected chi connectivity index (χ4v) is 3.87. The molecule has 0 radical (unpaired) electrons. The molecule has 0 saturated carbocycles. The number of amidine groups is 1. The third kappa shape index (κ3) is 5.65. The Morgan fingerprint density at radius 3 is 2.66 bits per heavy atom. The van der Waals surface area contributed by atoms with Gasteiger partial charge in [0.1, 0.15) is 5.75 Å². The van der Waals surface area contributed by atoms with Gasteiger partial charge in [-0.25, -0.2) is 4.99 Å². The van der Waals surface area contributed by atoms with Crippen LogP contribution in [0.2, 0.25) is 0 Å². The number of aryl methyl sites for hydroxylation is 1. The maximum atomic E-state index is 12.4. The number of thioether (sulfide) groups is 1. The van der Waals surface area contributed by atoms with Crippen molar-refractivity contribution in [3.63, 3.8) is 0 Å². The lowest BCUT2D eigenvalue weighted by Crippen LogP contribution is -2.20. The summed E-state index contributed by atoms with van der Waals surface area (Å²) in [7, 11) is 0. The maximum absolute atomic E-state index is 12.4. The third-order valence-electron chi connectivity index (χ3n) is 4.50. The first-order valence-electron chi connectivity index (χ1n) is 10.00. The molecule has 0 spiro atoms. The zero-order valence-electron chi connectivity index (χ0n) is 17.4. The maximum Gasteiger partial charge on any atom is 0.264 e. The second-order valence-corrected chi connectivity index (χ2v) is 8.09. The Bertz CT molecular complexity index is 1210. The zero-order chi connectivity index (χ0) is 22.3. The molecule has 1 aliphatic heterocycles. The predicted octanol–water partition coefficient (Wildman–Crippen LogP) is 4.90. The number of benzene rings is 3. The molecule has 3 aromatic carbocycles. The van der Waals surface area contributed by atoms with Gasteiger partial charge in [0.25, 0.3) is 11.8 Å². The average Bonchev–Trinajstić information content (AvgIpc) is 3.12. The van der Waals surface area contributed by atoms with Gasteiger partial charge in [-0.3, -0.25) is 9.59 Å². The lowest BCUT2D eigenvalue weighted by molar-refractivity contribution is -0.118. The number of anilines is 1. The SMILES string of the molecule is Cc1cccc(NC(=O)COc2ccccc2/C=C2\SC(=Nc3ccccc3)NC2=O)c1. The van der Waals surface area contributed by atoms with Crippen LogP contribution in [0.25, 0.3) is 6.08 Å². The van der Waals surface area contributed by atoms with E-state index in [-0.39, 0.29) is 18.4 Å². The molecule has 2 amide bonds. The van der Waals surface area contributed by atoms with Crippen LogP contribution in [0.3, 0.4) is 0 Å². The molecule has 0 unspecified atom stereocenters. The van der Waals surface area contributed by atoms with E-state index in [1.54, 1.807) is 12.1 Å². The van der Waals surface area contributed by atoms with Crippen molar-refractivity contribution in [1.82, 2.24) is 5.32 Å². The van der Waals surface area contributed by atoms with Gasteiger partial charge in [-0.1, -0.05) is 48.5 Å². The average molecular weight is 444 g/mol. The Morgan fingerprint density at radius 2 is 1.84 bits per heavy atom. The van der Waals surface area contributed by atoms with E-state index in [2.05, 4.69) is 15.6 Å². The van der Waals surface area contributed by atoms with E-state index in [4.69, 9.17) is 4.74 Å². The van der Waals surface area contributed by atoms with Crippen LogP contribution in [0, 0.1) is 6.92 Å². The summed E-state index contributed by atoms with van der Waals surface area (Å²) in [5, 5.41) is 6.11. The van der Waals surface area contributed by atoms with Crippen LogP contribution >= 0.6 is 11.8 Å². The second kappa shape index (κ2) is 9.98. The Kier molecular flexibility index (Phi) is 6.67. The van der Waals surface area contributed by atoms with Gasteiger partial charge in [-0.15, -0.1) is 0 Å². The van der Waals surface area contributed by atoms with Crippen LogP contribution in [0.15, 0.2) is 88.8 Å². The fraction of sp³-hybridized carbons (Fsp3) is 0.0800. The molecule has 0 bridgehead atoms. The van der Waals surface area contributed by atoms with E-state index in [1.165, 1.54) is 11.8 Å². The summed E-state index contributed by atoms with van der Waals surface area (Å²) >= 11 is 1.26. The highest BCUT2D eigenvalue weighted by Gasteiger charge is 2.24. The van der Waals surface area contributed by atoms with Crippen LogP contribution in [0.1, 0.15) is 11.1 Å². The number of para-hydroxylation sites is 2. The molecule has 3 aromatic rings. The van der Waals surface area contributed by atoms with Crippen molar-refractivity contribution in [3.8, 4) is 5.75 Å². The third-order valence-corrected chi connectivity index (χ3v) is 5.41. The molecule has 0 aliphatic carbocycles. The van der Waals surface area contributed by atoms with E-state index in [0.717, 1.165) is 16.9 Å². The lowest BCUT2D eigenvalue weighted by atomic mass is 10.2. The first-order valence-corrected chi connectivity index (χ1v) is 10.8. The molecule has 4 rings (SSSR count). The van der Waals surface area contributed by atoms with E-state index in [0.29, 0.717) is 21.4 Å². The van der Waals surface area contributed by atoms with Crippen molar-refractivity contribution in [2.24, 2.45) is 4.99 Å². The molecular formula is C25H21N3O3S. The normalized spacial score (nSPS) is 15.6. The molecule has 6 nitrogen and oxygen atoms in total. The smallest absolute Gasteiger partial charge is 0.264 e. The number of carbonyl (C=O) groups excluding carboxylic acids is 2. The highest BCUT2D eigenvalue weighted by atomic mass is 32.2. The number of amides is 2. The Labute approximate surface area is 190 Å². The van der Waals surface area contributed by atoms with Gasteiger partial charge in [0, 0.05) is 11.3 Å². The molecule has 1 heterocycles. The molecule has 0 atom stereocenters. The molecule has 1 fully saturated rings. The summed E-state index contributed by atoms with van der Waals surface area (Å²) < 4.78 is 5.74. The number of hydrogen-bond acceptors (Lipinski definition) is 5. The van der Waals surface area contributed by atoms with Gasteiger partial charge in [0.05, 0.1) is 10.6 Å². The van der Waals surface area contributed by atoms with E-state index < -0.39 is 0 Å². The van der Waals surface area contributed by atoms with Crippen molar-refractivity contribution < 1.29 is 14.3 Å². The number of hydrogen-bond donors (Lipinski definition) is 2. The van der Waals surface area contributed by atoms with Crippen molar-refractivity contribution in [3.05, 3.63) is 94.9 Å². The number of rotatable bonds is 6. The number of nitrogens with zero attached hydrogens (tertiary/aromatic N) is 1. The Morgan fingerprint density at radius 1 is 1.06 bits per heavy atom. The second-order valence-electron chi connectivity index (χ2n) is 7.06. The van der Waals surface area contributed by atoms with Gasteiger partial charge >= 0.3 is 0 Å². The zero-order valence-corrected chi connectivity index (χ0v) is 18.2. The van der Waals surface area contributed by atoms with Crippen LogP contribution in [0.4, 0.5) is 11.4 Å². The summed E-state index contributed by atoms with van der Waals surface area (Å²) in [6.07, 6.45) is 1.74. The first kappa shape index (κ1) is 21.4. The molecule has 0 aromatic heterocycles. The predicted molar refractivity (Wildman–Crippen MR) is 129 cm³/mol. The van der Waals surface area contributed by atoms with E-state index >= 15 is 0 Å². The Balaban J connectivity index is 1.44. The minimum absolute atomic E-state index is 0.145. The fourth-order valence-electron chi connectivity index (χ4n) is 3.04. The van der Waals surface area contributed by atoms with Crippen LogP contribution in [-0.4, -0.2) is 23.6 Å². The molecule has 1 aliphatic rings. The van der Waals surface area contributed by atoms with Crippen molar-refractivity contribution in [2.75, 3.05) is 11.9 Å². The van der Waals surface area contributed by atoms with Gasteiger partial charge in [0.2, 0.25) is 0 Å². The number of ether oxygens (including phenoxy) is 1. The highest BCUT2D eigenvalue weighted by molar-refractivity contribution is 8.18. The Hall–Kier alpha value is -3.84. The number of carbonyl (C=O) groups is 2. The van der Waals surface area contributed by atoms with Gasteiger partial charge < -0.3 is 15.4 Å². The molecule has 160 valence electrons. The topological polar surface area (TPSA) is 79.8 Å². The number of nitrogens with one attached hydrogen (secondary N) is 2. The first-order chi connectivity index (χ1) is 15.6. The summed E-state index contributed by atoms with van der Waals surface area (Å²) in [4.78, 5) is 29.6. The molecule has 7 heteroatoms. The number of aliphatic imine (C=N–C) groups is 1. The van der Waals surface area contributed by atoms with E-state index in [1.807, 2.05) is 79.7 Å². The highest BCUT2D eigenvalue weighted by Crippen LogP contribution is 2.30. The van der Waals surface area contributed by atoms with Crippen molar-refractivity contribution in [2.45, 2.75) is 6.92 Å². The van der Waals surface area contributed by atoms with Crippen LogP contribution in [-0.2, 0) is 9.59 Å². The largest absolute Gasteiger partial charge is 0.483 e. The van der Waals surface area contributed by atoms with Crippen LogP contribution in [0.5, 0.6) is 5.75 Å². The lowest BCUT2D eigenvalue weighted by Gasteiger charge is -2.10. The van der Waals surface area contributed by atoms with Crippen molar-refractivity contribution in [1.29, 1.82) is 0 Å². The minimum atomic E-state index is -0.261. The summed E-state index contributed by atoms with van der Waals surface area (Å²) in [5.74, 6) is 0.0289. The van der Waals surface area contributed by atoms with Crippen molar-refractivity contribution >= 4 is 46.2 Å². The standard InChI is InChI=1S/C25H21N3O3S/c1-17-8-7-12-20(14-17)26-23(29)16-31-21-13-6-5-9-18(21)15-22-24(30)28-25(32-22)27-19-10-3-2-4-11-19/h2-15H,16H2,1H3,(H,26,29)(H,27,28,30)/b22-15-. The summed E-state index contributed by atoms with van der Waals surface area (Å²) in [6, 6.07) is 24.3. The molecule has 1 saturated heterocycles. The van der Waals surface area contributed by atoms with Gasteiger partial charge in [-0.05, 0) is 60.7 Å². The molecule has 32 heavy (non-hydrogen) atoms. The summed E-state index contributed by atoms with van der Waals surface area (Å²) in [5.41, 5.74) is 3.25. The molecular weight excluding hydrogens is 422 g/mol. The molecule has 2 N–H and O–H groups in total. The van der Waals surface area contributed by atoms with Gasteiger partial charge in [-0.2, -0.15) is 0 Å². The van der Waals surface area contributed by atoms with E-state index in [9.17, 15) is 9.59 Å². The van der Waals surface area contributed by atoms with Crippen LogP contribution < -0.4 is 15.4 Å². The minimum Gasteiger partial charge on any atom is -0.483 e. The quantitative estimate of drug-likeness (QED) is 0.531. The monoisotopic (exact) mass is 443 g/mol. The van der Waals surface area contributed by atoms with Gasteiger partial charge in [0.15, 0.2) is 11.8 Å². The summed E-state index contributed by atoms with van der Waals surface area (Å²) in [6.45, 7) is 1.82.